The Morgan fingerprint density at radius 3 is 2.95 bits per heavy atom. The van der Waals surface area contributed by atoms with Crippen LogP contribution in [0, 0.1) is 10.5 Å². The lowest BCUT2D eigenvalue weighted by molar-refractivity contribution is 0.0307. The van der Waals surface area contributed by atoms with Crippen molar-refractivity contribution in [1.82, 2.24) is 9.78 Å². The molecule has 0 aliphatic rings. The van der Waals surface area contributed by atoms with Crippen LogP contribution in [0.4, 0.5) is 0 Å². The highest BCUT2D eigenvalue weighted by Crippen LogP contribution is 2.24. The van der Waals surface area contributed by atoms with Crippen LogP contribution in [-0.2, 0) is 16.0 Å². The third-order valence-corrected chi connectivity index (χ3v) is 5.40. The van der Waals surface area contributed by atoms with Crippen molar-refractivity contribution in [2.75, 3.05) is 19.8 Å². The lowest BCUT2D eigenvalue weighted by Crippen LogP contribution is -2.13. The minimum atomic E-state index is -0.275. The highest BCUT2D eigenvalue weighted by molar-refractivity contribution is 14.1. The number of rotatable bonds is 7. The first-order valence-electron chi connectivity index (χ1n) is 6.14. The molecule has 0 aliphatic carbocycles. The zero-order valence-corrected chi connectivity index (χ0v) is 14.0. The van der Waals surface area contributed by atoms with Gasteiger partial charge in [0.2, 0.25) is 0 Å². The number of hydrogen-bond acceptors (Lipinski definition) is 5. The molecule has 0 saturated heterocycles. The zero-order chi connectivity index (χ0) is 14.4. The summed E-state index contributed by atoms with van der Waals surface area (Å²) < 4.78 is 13.3. The maximum atomic E-state index is 11.8. The van der Waals surface area contributed by atoms with E-state index in [-0.39, 0.29) is 12.6 Å². The number of carbonyl (C=O) groups is 1. The summed E-state index contributed by atoms with van der Waals surface area (Å²) in [6, 6.07) is 1.87. The summed E-state index contributed by atoms with van der Waals surface area (Å²) in [5.41, 5.74) is 1.11. The predicted molar refractivity (Wildman–Crippen MR) is 85.1 cm³/mol. The molecule has 0 spiro atoms. The van der Waals surface area contributed by atoms with E-state index >= 15 is 0 Å². The summed E-state index contributed by atoms with van der Waals surface area (Å²) in [6.45, 7) is 3.89. The lowest BCUT2D eigenvalue weighted by atomic mass is 10.3. The largest absolute Gasteiger partial charge is 0.459 e. The molecular weight excluding hydrogens is 391 g/mol. The smallest absolute Gasteiger partial charge is 0.349 e. The molecule has 2 aromatic rings. The maximum Gasteiger partial charge on any atom is 0.349 e. The van der Waals surface area contributed by atoms with E-state index in [1.165, 1.54) is 11.3 Å². The molecule has 0 aliphatic heterocycles. The van der Waals surface area contributed by atoms with Gasteiger partial charge in [-0.05, 0) is 46.5 Å². The molecule has 7 heteroatoms. The summed E-state index contributed by atoms with van der Waals surface area (Å²) in [7, 11) is 0. The molecule has 2 heterocycles. The molecule has 5 nitrogen and oxygen atoms in total. The number of hydrogen-bond donors (Lipinski definition) is 0. The fourth-order valence-electron chi connectivity index (χ4n) is 1.52. The Morgan fingerprint density at radius 1 is 1.45 bits per heavy atom. The van der Waals surface area contributed by atoms with Gasteiger partial charge < -0.3 is 9.47 Å². The maximum absolute atomic E-state index is 11.8. The van der Waals surface area contributed by atoms with Gasteiger partial charge in [-0.25, -0.2) is 4.79 Å². The second-order valence-corrected chi connectivity index (χ2v) is 6.04. The van der Waals surface area contributed by atoms with Gasteiger partial charge in [0.05, 0.1) is 19.8 Å². The van der Waals surface area contributed by atoms with Crippen molar-refractivity contribution in [3.63, 3.8) is 0 Å². The van der Waals surface area contributed by atoms with Crippen LogP contribution in [0.3, 0.4) is 0 Å². The normalized spacial score (nSPS) is 10.7. The van der Waals surface area contributed by atoms with Crippen LogP contribution in [-0.4, -0.2) is 35.6 Å². The number of aryl methyl sites for hydroxylation is 1. The summed E-state index contributed by atoms with van der Waals surface area (Å²) in [4.78, 5) is 12.5. The third-order valence-electron chi connectivity index (χ3n) is 2.57. The van der Waals surface area contributed by atoms with Crippen LogP contribution < -0.4 is 0 Å². The Balaban J connectivity index is 1.61. The van der Waals surface area contributed by atoms with Gasteiger partial charge in [0, 0.05) is 16.0 Å². The van der Waals surface area contributed by atoms with E-state index in [1.807, 2.05) is 24.6 Å². The van der Waals surface area contributed by atoms with Gasteiger partial charge in [-0.3, -0.25) is 4.68 Å². The van der Waals surface area contributed by atoms with Crippen molar-refractivity contribution in [1.29, 1.82) is 0 Å². The van der Waals surface area contributed by atoms with Crippen LogP contribution in [0.25, 0.3) is 0 Å². The Hall–Kier alpha value is -0.930. The van der Waals surface area contributed by atoms with Crippen LogP contribution >= 0.6 is 33.9 Å². The van der Waals surface area contributed by atoms with Gasteiger partial charge in [0.15, 0.2) is 0 Å². The first kappa shape index (κ1) is 15.5. The summed E-state index contributed by atoms with van der Waals surface area (Å²) in [5, 5.41) is 6.02. The van der Waals surface area contributed by atoms with Crippen molar-refractivity contribution in [3.8, 4) is 0 Å². The number of halogens is 1. The van der Waals surface area contributed by atoms with E-state index in [2.05, 4.69) is 27.7 Å². The van der Waals surface area contributed by atoms with Crippen molar-refractivity contribution >= 4 is 39.9 Å². The molecule has 0 fully saturated rings. The number of nitrogens with zero attached hydrogens (tertiary/aromatic N) is 2. The molecular formula is C13H15IN2O3S. The van der Waals surface area contributed by atoms with Gasteiger partial charge in [-0.1, -0.05) is 0 Å². The molecule has 20 heavy (non-hydrogen) atoms. The van der Waals surface area contributed by atoms with Gasteiger partial charge >= 0.3 is 5.97 Å². The van der Waals surface area contributed by atoms with Crippen LogP contribution in [0.2, 0.25) is 0 Å². The molecule has 0 aromatic carbocycles. The Kier molecular flexibility index (Phi) is 5.99. The number of esters is 1. The average molecular weight is 406 g/mol. The molecule has 0 unspecified atom stereocenters. The van der Waals surface area contributed by atoms with E-state index in [4.69, 9.17) is 9.47 Å². The highest BCUT2D eigenvalue weighted by Gasteiger charge is 2.15. The standard InChI is InChI=1S/C13H15IN2O3S/c1-10-9-20-12(11(10)14)13(17)19-8-7-18-6-5-16-4-2-3-15-16/h2-4,9H,5-8H2,1H3. The third kappa shape index (κ3) is 4.29. The van der Waals surface area contributed by atoms with Crippen LogP contribution in [0.1, 0.15) is 15.2 Å². The number of ether oxygens (including phenoxy) is 2. The minimum Gasteiger partial charge on any atom is -0.459 e. The predicted octanol–water partition coefficient (Wildman–Crippen LogP) is 2.73. The molecule has 108 valence electrons. The van der Waals surface area contributed by atoms with Gasteiger partial charge in [0.1, 0.15) is 11.5 Å². The van der Waals surface area contributed by atoms with Gasteiger partial charge in [-0.2, -0.15) is 5.10 Å². The minimum absolute atomic E-state index is 0.269. The Morgan fingerprint density at radius 2 is 2.30 bits per heavy atom. The van der Waals surface area contributed by atoms with E-state index in [1.54, 1.807) is 10.9 Å². The Bertz CT molecular complexity index is 554. The quantitative estimate of drug-likeness (QED) is 0.403. The van der Waals surface area contributed by atoms with Crippen molar-refractivity contribution < 1.29 is 14.3 Å². The molecule has 0 amide bonds. The summed E-state index contributed by atoms with van der Waals surface area (Å²) in [6.07, 6.45) is 3.61. The molecule has 0 bridgehead atoms. The Labute approximate surface area is 135 Å². The SMILES string of the molecule is Cc1csc(C(=O)OCCOCCn2cccn2)c1I. The van der Waals surface area contributed by atoms with Crippen LogP contribution in [0.5, 0.6) is 0 Å². The monoisotopic (exact) mass is 406 g/mol. The molecule has 0 radical (unpaired) electrons. The first-order valence-corrected chi connectivity index (χ1v) is 8.10. The number of carbonyl (C=O) groups excluding carboxylic acids is 1. The second-order valence-electron chi connectivity index (χ2n) is 4.08. The fraction of sp³-hybridized carbons (Fsp3) is 0.385. The molecule has 0 N–H and O–H groups in total. The fourth-order valence-corrected chi connectivity index (χ4v) is 3.32. The first-order chi connectivity index (χ1) is 9.68. The molecule has 0 atom stereocenters. The van der Waals surface area contributed by atoms with Crippen molar-refractivity contribution in [3.05, 3.63) is 37.9 Å². The molecule has 2 aromatic heterocycles. The summed E-state index contributed by atoms with van der Waals surface area (Å²) >= 11 is 3.58. The van der Waals surface area contributed by atoms with Crippen molar-refractivity contribution in [2.45, 2.75) is 13.5 Å². The van der Waals surface area contributed by atoms with Gasteiger partial charge in [-0.15, -0.1) is 11.3 Å². The number of aromatic nitrogens is 2. The van der Waals surface area contributed by atoms with E-state index in [9.17, 15) is 4.79 Å². The molecule has 2 rings (SSSR count). The average Bonchev–Trinajstić information content (AvgIpc) is 3.05. The lowest BCUT2D eigenvalue weighted by Gasteiger charge is -2.06. The van der Waals surface area contributed by atoms with Crippen LogP contribution in [0.15, 0.2) is 23.8 Å². The zero-order valence-electron chi connectivity index (χ0n) is 11.0. The molecule has 0 saturated carbocycles. The highest BCUT2D eigenvalue weighted by atomic mass is 127. The van der Waals surface area contributed by atoms with E-state index < -0.39 is 0 Å². The number of thiophene rings is 1. The van der Waals surface area contributed by atoms with Crippen molar-refractivity contribution in [2.24, 2.45) is 0 Å². The second kappa shape index (κ2) is 7.75. The van der Waals surface area contributed by atoms with E-state index in [0.29, 0.717) is 24.6 Å². The van der Waals surface area contributed by atoms with Gasteiger partial charge in [0.25, 0.3) is 0 Å². The summed E-state index contributed by atoms with van der Waals surface area (Å²) in [5.74, 6) is -0.275. The van der Waals surface area contributed by atoms with E-state index in [0.717, 1.165) is 9.13 Å². The topological polar surface area (TPSA) is 53.4 Å².